The predicted molar refractivity (Wildman–Crippen MR) is 82.4 cm³/mol. The van der Waals surface area contributed by atoms with Gasteiger partial charge in [-0.2, -0.15) is 0 Å². The van der Waals surface area contributed by atoms with Gasteiger partial charge >= 0.3 is 6.03 Å². The molecule has 1 aliphatic heterocycles. The average Bonchev–Trinajstić information content (AvgIpc) is 2.67. The van der Waals surface area contributed by atoms with E-state index in [1.165, 1.54) is 31.2 Å². The fourth-order valence-corrected chi connectivity index (χ4v) is 3.03. The Hall–Kier alpha value is -2.22. The number of sulfone groups is 1. The van der Waals surface area contributed by atoms with Crippen molar-refractivity contribution in [1.29, 1.82) is 0 Å². The second kappa shape index (κ2) is 5.77. The van der Waals surface area contributed by atoms with Crippen LogP contribution in [0, 0.1) is 0 Å². The Bertz CT molecular complexity index is 770. The van der Waals surface area contributed by atoms with Gasteiger partial charge in [0.25, 0.3) is 5.91 Å². The van der Waals surface area contributed by atoms with Crippen molar-refractivity contribution in [3.8, 4) is 0 Å². The fraction of sp³-hybridized carbons (Fsp3) is 0.400. The van der Waals surface area contributed by atoms with Crippen molar-refractivity contribution in [2.45, 2.75) is 30.7 Å². The van der Waals surface area contributed by atoms with Gasteiger partial charge in [0.1, 0.15) is 11.3 Å². The Kier molecular flexibility index (Phi) is 4.30. The Balaban J connectivity index is 2.30. The molecule has 1 unspecified atom stereocenters. The van der Waals surface area contributed by atoms with E-state index in [0.29, 0.717) is 5.56 Å². The molecule has 1 heterocycles. The number of imide groups is 1. The molecule has 1 fully saturated rings. The monoisotopic (exact) mass is 338 g/mol. The van der Waals surface area contributed by atoms with Gasteiger partial charge in [-0.3, -0.25) is 14.5 Å². The van der Waals surface area contributed by atoms with E-state index in [4.69, 9.17) is 0 Å². The van der Waals surface area contributed by atoms with Crippen LogP contribution in [0.2, 0.25) is 0 Å². The molecule has 1 aromatic carbocycles. The first kappa shape index (κ1) is 17.1. The van der Waals surface area contributed by atoms with Crippen molar-refractivity contribution >= 4 is 27.6 Å². The lowest BCUT2D eigenvalue weighted by atomic mass is 9.92. The van der Waals surface area contributed by atoms with Crippen LogP contribution < -0.4 is 5.32 Å². The number of carbonyl (C=O) groups excluding carboxylic acids is 3. The molecule has 1 atom stereocenters. The average molecular weight is 338 g/mol. The largest absolute Gasteiger partial charge is 0.325 e. The van der Waals surface area contributed by atoms with Crippen LogP contribution >= 0.6 is 0 Å². The molecule has 23 heavy (non-hydrogen) atoms. The molecule has 124 valence electrons. The van der Waals surface area contributed by atoms with Gasteiger partial charge in [0.2, 0.25) is 0 Å². The first-order valence-electron chi connectivity index (χ1n) is 7.00. The molecule has 0 spiro atoms. The number of ketones is 1. The standard InChI is InChI=1S/C15H18N2O5S/c1-10(18)8-9-17-13(19)15(2,16-14(17)20)11-4-6-12(7-5-11)23(3,21)22/h4-7H,8-9H2,1-3H3,(H,16,20). The summed E-state index contributed by atoms with van der Waals surface area (Å²) in [6.07, 6.45) is 1.19. The number of nitrogens with one attached hydrogen (secondary N) is 1. The summed E-state index contributed by atoms with van der Waals surface area (Å²) >= 11 is 0. The molecule has 0 aliphatic carbocycles. The lowest BCUT2D eigenvalue weighted by Gasteiger charge is -2.22. The molecule has 0 bridgehead atoms. The van der Waals surface area contributed by atoms with Gasteiger partial charge in [-0.25, -0.2) is 13.2 Å². The molecule has 0 aromatic heterocycles. The fourth-order valence-electron chi connectivity index (χ4n) is 2.40. The summed E-state index contributed by atoms with van der Waals surface area (Å²) < 4.78 is 23.0. The number of urea groups is 1. The molecule has 3 amide bonds. The number of carbonyl (C=O) groups is 3. The normalized spacial score (nSPS) is 21.4. The molecule has 8 heteroatoms. The van der Waals surface area contributed by atoms with Crippen molar-refractivity contribution in [2.75, 3.05) is 12.8 Å². The highest BCUT2D eigenvalue weighted by molar-refractivity contribution is 7.90. The minimum absolute atomic E-state index is 0.0248. The van der Waals surface area contributed by atoms with Crippen molar-refractivity contribution < 1.29 is 22.8 Å². The van der Waals surface area contributed by atoms with Gasteiger partial charge < -0.3 is 5.32 Å². The zero-order chi connectivity index (χ0) is 17.4. The SMILES string of the molecule is CC(=O)CCN1C(=O)NC(C)(c2ccc(S(C)(=O)=O)cc2)C1=O. The van der Waals surface area contributed by atoms with E-state index < -0.39 is 27.3 Å². The predicted octanol–water partition coefficient (Wildman–Crippen LogP) is 0.836. The number of rotatable bonds is 5. The minimum atomic E-state index is -3.34. The molecule has 0 saturated carbocycles. The third-order valence-corrected chi connectivity index (χ3v) is 4.95. The van der Waals surface area contributed by atoms with Gasteiger partial charge in [-0.15, -0.1) is 0 Å². The second-order valence-electron chi connectivity index (χ2n) is 5.76. The van der Waals surface area contributed by atoms with Gasteiger partial charge in [-0.1, -0.05) is 12.1 Å². The molecule has 1 N–H and O–H groups in total. The van der Waals surface area contributed by atoms with E-state index in [9.17, 15) is 22.8 Å². The van der Waals surface area contributed by atoms with E-state index >= 15 is 0 Å². The summed E-state index contributed by atoms with van der Waals surface area (Å²) in [6.45, 7) is 2.97. The number of Topliss-reactive ketones (excluding diaryl/α,β-unsaturated/α-hetero) is 1. The Morgan fingerprint density at radius 1 is 1.22 bits per heavy atom. The molecule has 0 radical (unpaired) electrons. The van der Waals surface area contributed by atoms with Crippen molar-refractivity contribution in [3.63, 3.8) is 0 Å². The van der Waals surface area contributed by atoms with Crippen LogP contribution in [0.4, 0.5) is 4.79 Å². The van der Waals surface area contributed by atoms with E-state index in [1.54, 1.807) is 6.92 Å². The smallest absolute Gasteiger partial charge is 0.319 e. The third-order valence-electron chi connectivity index (χ3n) is 3.82. The van der Waals surface area contributed by atoms with Gasteiger partial charge in [0, 0.05) is 19.2 Å². The second-order valence-corrected chi connectivity index (χ2v) is 7.78. The Morgan fingerprint density at radius 3 is 2.26 bits per heavy atom. The number of hydrogen-bond acceptors (Lipinski definition) is 5. The van der Waals surface area contributed by atoms with Crippen LogP contribution in [-0.4, -0.2) is 43.8 Å². The van der Waals surface area contributed by atoms with Crippen LogP contribution in [0.1, 0.15) is 25.8 Å². The number of hydrogen-bond donors (Lipinski definition) is 1. The minimum Gasteiger partial charge on any atom is -0.319 e. The van der Waals surface area contributed by atoms with Crippen LogP contribution in [0.15, 0.2) is 29.2 Å². The first-order valence-corrected chi connectivity index (χ1v) is 8.89. The highest BCUT2D eigenvalue weighted by Gasteiger charge is 2.48. The third kappa shape index (κ3) is 3.26. The Labute approximate surface area is 134 Å². The molecule has 1 aromatic rings. The summed E-state index contributed by atoms with van der Waals surface area (Å²) in [5.41, 5.74) is -0.794. The maximum Gasteiger partial charge on any atom is 0.325 e. The number of benzene rings is 1. The molecular weight excluding hydrogens is 320 g/mol. The first-order chi connectivity index (χ1) is 10.6. The summed E-state index contributed by atoms with van der Waals surface area (Å²) in [7, 11) is -3.34. The zero-order valence-corrected chi connectivity index (χ0v) is 13.9. The highest BCUT2D eigenvalue weighted by atomic mass is 32.2. The van der Waals surface area contributed by atoms with Crippen LogP contribution in [-0.2, 0) is 25.0 Å². The van der Waals surface area contributed by atoms with E-state index in [-0.39, 0.29) is 23.6 Å². The lowest BCUT2D eigenvalue weighted by Crippen LogP contribution is -2.41. The van der Waals surface area contributed by atoms with E-state index in [2.05, 4.69) is 5.32 Å². The summed E-state index contributed by atoms with van der Waals surface area (Å²) in [5.74, 6) is -0.576. The van der Waals surface area contributed by atoms with Crippen LogP contribution in [0.3, 0.4) is 0 Å². The van der Waals surface area contributed by atoms with Gasteiger partial charge in [-0.05, 0) is 31.5 Å². The molecular formula is C15H18N2O5S. The maximum absolute atomic E-state index is 12.5. The highest BCUT2D eigenvalue weighted by Crippen LogP contribution is 2.29. The molecule has 2 rings (SSSR count). The van der Waals surface area contributed by atoms with E-state index in [0.717, 1.165) is 11.2 Å². The van der Waals surface area contributed by atoms with Crippen molar-refractivity contribution in [1.82, 2.24) is 10.2 Å². The lowest BCUT2D eigenvalue weighted by molar-refractivity contribution is -0.131. The van der Waals surface area contributed by atoms with Gasteiger partial charge in [0.15, 0.2) is 9.84 Å². The number of nitrogens with zero attached hydrogens (tertiary/aromatic N) is 1. The van der Waals surface area contributed by atoms with Crippen molar-refractivity contribution in [3.05, 3.63) is 29.8 Å². The Morgan fingerprint density at radius 2 is 1.78 bits per heavy atom. The topological polar surface area (TPSA) is 101 Å². The summed E-state index contributed by atoms with van der Waals surface area (Å²) in [5, 5.41) is 2.61. The zero-order valence-electron chi connectivity index (χ0n) is 13.1. The maximum atomic E-state index is 12.5. The molecule has 1 aliphatic rings. The molecule has 7 nitrogen and oxygen atoms in total. The molecule has 1 saturated heterocycles. The van der Waals surface area contributed by atoms with Gasteiger partial charge in [0.05, 0.1) is 4.90 Å². The summed E-state index contributed by atoms with van der Waals surface area (Å²) in [6, 6.07) is 5.23. The number of amides is 3. The van der Waals surface area contributed by atoms with Crippen LogP contribution in [0.25, 0.3) is 0 Å². The van der Waals surface area contributed by atoms with Crippen molar-refractivity contribution in [2.24, 2.45) is 0 Å². The van der Waals surface area contributed by atoms with E-state index in [1.807, 2.05) is 0 Å². The quantitative estimate of drug-likeness (QED) is 0.802. The van der Waals surface area contributed by atoms with Crippen LogP contribution in [0.5, 0.6) is 0 Å². The summed E-state index contributed by atoms with van der Waals surface area (Å²) in [4.78, 5) is 36.7.